The number of benzene rings is 1. The molecule has 0 amide bonds. The number of hydrogen-bond donors (Lipinski definition) is 1. The normalized spacial score (nSPS) is 10.9. The van der Waals surface area contributed by atoms with Crippen molar-refractivity contribution in [2.24, 2.45) is 0 Å². The Bertz CT molecular complexity index is 560. The molecular weight excluding hydrogens is 220 g/mol. The van der Waals surface area contributed by atoms with Crippen LogP contribution < -0.4 is 0 Å². The first-order valence-corrected chi connectivity index (χ1v) is 5.33. The van der Waals surface area contributed by atoms with E-state index >= 15 is 0 Å². The lowest BCUT2D eigenvalue weighted by atomic mass is 10.1. The van der Waals surface area contributed by atoms with Crippen molar-refractivity contribution in [1.29, 1.82) is 0 Å². The zero-order valence-corrected chi connectivity index (χ0v) is 9.80. The zero-order chi connectivity index (χ0) is 12.4. The molecule has 1 heterocycles. The number of aryl methyl sites for hydroxylation is 1. The molecule has 0 fully saturated rings. The van der Waals surface area contributed by atoms with Crippen molar-refractivity contribution in [1.82, 2.24) is 9.78 Å². The van der Waals surface area contributed by atoms with Gasteiger partial charge < -0.3 is 9.84 Å². The summed E-state index contributed by atoms with van der Waals surface area (Å²) in [5.74, 6) is -1.00. The van der Waals surface area contributed by atoms with Gasteiger partial charge in [-0.3, -0.25) is 4.68 Å². The highest BCUT2D eigenvalue weighted by Crippen LogP contribution is 2.20. The van der Waals surface area contributed by atoms with Gasteiger partial charge in [0.25, 0.3) is 0 Å². The van der Waals surface area contributed by atoms with E-state index in [9.17, 15) is 4.79 Å². The molecule has 1 aromatic carbocycles. The van der Waals surface area contributed by atoms with E-state index in [2.05, 4.69) is 5.10 Å². The molecule has 1 N–H and O–H groups in total. The number of aromatic carboxylic acids is 1. The lowest BCUT2D eigenvalue weighted by Crippen LogP contribution is -2.07. The van der Waals surface area contributed by atoms with Gasteiger partial charge in [-0.1, -0.05) is 11.6 Å². The summed E-state index contributed by atoms with van der Waals surface area (Å²) in [5, 5.41) is 13.9. The first-order chi connectivity index (χ1) is 8.13. The Hall–Kier alpha value is -1.88. The SMILES string of the molecule is COCCn1nc(C(=O)O)c2cc(C)ccc21. The van der Waals surface area contributed by atoms with E-state index in [0.29, 0.717) is 18.5 Å². The highest BCUT2D eigenvalue weighted by atomic mass is 16.5. The van der Waals surface area contributed by atoms with Crippen LogP contribution in [0.15, 0.2) is 18.2 Å². The van der Waals surface area contributed by atoms with Gasteiger partial charge in [0.2, 0.25) is 0 Å². The van der Waals surface area contributed by atoms with Gasteiger partial charge in [0, 0.05) is 12.5 Å². The van der Waals surface area contributed by atoms with Crippen LogP contribution in [-0.2, 0) is 11.3 Å². The summed E-state index contributed by atoms with van der Waals surface area (Å²) in [7, 11) is 1.61. The summed E-state index contributed by atoms with van der Waals surface area (Å²) in [6, 6.07) is 5.67. The molecule has 1 aromatic heterocycles. The van der Waals surface area contributed by atoms with E-state index in [1.165, 1.54) is 0 Å². The highest BCUT2D eigenvalue weighted by Gasteiger charge is 2.15. The molecule has 0 unspecified atom stereocenters. The van der Waals surface area contributed by atoms with Crippen molar-refractivity contribution >= 4 is 16.9 Å². The minimum absolute atomic E-state index is 0.0970. The first-order valence-electron chi connectivity index (χ1n) is 5.33. The Morgan fingerprint density at radius 3 is 2.94 bits per heavy atom. The maximum absolute atomic E-state index is 11.1. The average molecular weight is 234 g/mol. The molecule has 0 radical (unpaired) electrons. The Morgan fingerprint density at radius 2 is 2.29 bits per heavy atom. The summed E-state index contributed by atoms with van der Waals surface area (Å²) in [4.78, 5) is 11.1. The van der Waals surface area contributed by atoms with Crippen LogP contribution in [0.2, 0.25) is 0 Å². The summed E-state index contributed by atoms with van der Waals surface area (Å²) >= 11 is 0. The van der Waals surface area contributed by atoms with E-state index in [4.69, 9.17) is 9.84 Å². The van der Waals surface area contributed by atoms with Crippen molar-refractivity contribution in [3.05, 3.63) is 29.5 Å². The molecule has 17 heavy (non-hydrogen) atoms. The number of nitrogens with zero attached hydrogens (tertiary/aromatic N) is 2. The predicted molar refractivity (Wildman–Crippen MR) is 63.3 cm³/mol. The molecule has 2 rings (SSSR count). The fourth-order valence-electron chi connectivity index (χ4n) is 1.80. The number of carboxylic acid groups (broad SMARTS) is 1. The Labute approximate surface area is 98.6 Å². The third-order valence-corrected chi connectivity index (χ3v) is 2.62. The van der Waals surface area contributed by atoms with Crippen molar-refractivity contribution < 1.29 is 14.6 Å². The number of aromatic nitrogens is 2. The molecule has 0 aliphatic carbocycles. The van der Waals surface area contributed by atoms with Gasteiger partial charge in [-0.25, -0.2) is 4.79 Å². The number of rotatable bonds is 4. The summed E-state index contributed by atoms with van der Waals surface area (Å²) in [5.41, 5.74) is 1.94. The van der Waals surface area contributed by atoms with Gasteiger partial charge in [0.1, 0.15) is 0 Å². The van der Waals surface area contributed by atoms with Gasteiger partial charge in [-0.15, -0.1) is 0 Å². The van der Waals surface area contributed by atoms with E-state index in [0.717, 1.165) is 11.1 Å². The molecular formula is C12H14N2O3. The van der Waals surface area contributed by atoms with Crippen LogP contribution in [0.25, 0.3) is 10.9 Å². The van der Waals surface area contributed by atoms with Gasteiger partial charge in [-0.2, -0.15) is 5.10 Å². The standard InChI is InChI=1S/C12H14N2O3/c1-8-3-4-10-9(7-8)11(12(15)16)13-14(10)5-6-17-2/h3-4,7H,5-6H2,1-2H3,(H,15,16). The third-order valence-electron chi connectivity index (χ3n) is 2.62. The maximum atomic E-state index is 11.1. The van der Waals surface area contributed by atoms with Gasteiger partial charge >= 0.3 is 5.97 Å². The predicted octanol–water partition coefficient (Wildman–Crippen LogP) is 1.69. The molecule has 0 aliphatic heterocycles. The minimum Gasteiger partial charge on any atom is -0.476 e. The van der Waals surface area contributed by atoms with Crippen LogP contribution in [-0.4, -0.2) is 34.6 Å². The van der Waals surface area contributed by atoms with Crippen molar-refractivity contribution in [2.45, 2.75) is 13.5 Å². The summed E-state index contributed by atoms with van der Waals surface area (Å²) in [6.45, 7) is 2.98. The quantitative estimate of drug-likeness (QED) is 0.874. The molecule has 0 bridgehead atoms. The van der Waals surface area contributed by atoms with Crippen molar-refractivity contribution in [2.75, 3.05) is 13.7 Å². The first kappa shape index (κ1) is 11.6. The van der Waals surface area contributed by atoms with E-state index < -0.39 is 5.97 Å². The summed E-state index contributed by atoms with van der Waals surface area (Å²) in [6.07, 6.45) is 0. The Morgan fingerprint density at radius 1 is 1.53 bits per heavy atom. The van der Waals surface area contributed by atoms with Crippen molar-refractivity contribution in [3.63, 3.8) is 0 Å². The lowest BCUT2D eigenvalue weighted by Gasteiger charge is -2.01. The Balaban J connectivity index is 2.58. The third kappa shape index (κ3) is 2.14. The number of hydrogen-bond acceptors (Lipinski definition) is 3. The average Bonchev–Trinajstić information content (AvgIpc) is 2.64. The van der Waals surface area contributed by atoms with E-state index in [1.54, 1.807) is 11.8 Å². The van der Waals surface area contributed by atoms with E-state index in [-0.39, 0.29) is 5.69 Å². The van der Waals surface area contributed by atoms with Crippen LogP contribution in [0.3, 0.4) is 0 Å². The topological polar surface area (TPSA) is 64.4 Å². The zero-order valence-electron chi connectivity index (χ0n) is 9.80. The molecule has 90 valence electrons. The molecule has 5 heteroatoms. The lowest BCUT2D eigenvalue weighted by molar-refractivity contribution is 0.0691. The van der Waals surface area contributed by atoms with Crippen LogP contribution in [0.5, 0.6) is 0 Å². The monoisotopic (exact) mass is 234 g/mol. The molecule has 0 saturated heterocycles. The molecule has 5 nitrogen and oxygen atoms in total. The van der Waals surface area contributed by atoms with Crippen LogP contribution in [0.1, 0.15) is 16.1 Å². The number of carboxylic acids is 1. The fraction of sp³-hybridized carbons (Fsp3) is 0.333. The number of carbonyl (C=O) groups is 1. The number of fused-ring (bicyclic) bond motifs is 1. The van der Waals surface area contributed by atoms with Gasteiger partial charge in [0.15, 0.2) is 5.69 Å². The fourth-order valence-corrected chi connectivity index (χ4v) is 1.80. The Kier molecular flexibility index (Phi) is 3.10. The second kappa shape index (κ2) is 4.55. The number of methoxy groups -OCH3 is 1. The maximum Gasteiger partial charge on any atom is 0.357 e. The molecule has 0 saturated carbocycles. The van der Waals surface area contributed by atoms with Gasteiger partial charge in [-0.05, 0) is 19.1 Å². The molecule has 0 aliphatic rings. The molecule has 0 atom stereocenters. The van der Waals surface area contributed by atoms with Gasteiger partial charge in [0.05, 0.1) is 18.7 Å². The second-order valence-electron chi connectivity index (χ2n) is 3.89. The summed E-state index contributed by atoms with van der Waals surface area (Å²) < 4.78 is 6.65. The minimum atomic E-state index is -1.00. The van der Waals surface area contributed by atoms with Crippen LogP contribution in [0.4, 0.5) is 0 Å². The highest BCUT2D eigenvalue weighted by molar-refractivity contribution is 6.01. The van der Waals surface area contributed by atoms with Crippen molar-refractivity contribution in [3.8, 4) is 0 Å². The van der Waals surface area contributed by atoms with Crippen LogP contribution in [0, 0.1) is 6.92 Å². The second-order valence-corrected chi connectivity index (χ2v) is 3.89. The smallest absolute Gasteiger partial charge is 0.357 e. The largest absolute Gasteiger partial charge is 0.476 e. The molecule has 0 spiro atoms. The number of ether oxygens (including phenoxy) is 1. The molecule has 2 aromatic rings. The van der Waals surface area contributed by atoms with E-state index in [1.807, 2.05) is 25.1 Å². The van der Waals surface area contributed by atoms with Crippen LogP contribution >= 0.6 is 0 Å².